The predicted octanol–water partition coefficient (Wildman–Crippen LogP) is 3.62. The van der Waals surface area contributed by atoms with Gasteiger partial charge in [0.1, 0.15) is 0 Å². The monoisotopic (exact) mass is 278 g/mol. The van der Waals surface area contributed by atoms with E-state index in [4.69, 9.17) is 11.6 Å². The minimum atomic E-state index is 0.334. The standard InChI is InChI=1S/C16H23ClN2/c1-12(13-6-2-3-7-14(13)17)18-15-9-11-19-10-5-4-8-16(15)19/h2-3,6-7,12,15-16,18H,4-5,8-11H2,1H3/t12-,15?,16?/m1/s1. The third-order valence-corrected chi connectivity index (χ3v) is 5.04. The Morgan fingerprint density at radius 1 is 1.21 bits per heavy atom. The Balaban J connectivity index is 1.67. The lowest BCUT2D eigenvalue weighted by Crippen LogP contribution is -2.45. The van der Waals surface area contributed by atoms with Crippen LogP contribution in [0.25, 0.3) is 0 Å². The molecule has 2 unspecified atom stereocenters. The normalized spacial score (nSPS) is 29.2. The van der Waals surface area contributed by atoms with Crippen LogP contribution in [0.15, 0.2) is 24.3 Å². The van der Waals surface area contributed by atoms with E-state index < -0.39 is 0 Å². The van der Waals surface area contributed by atoms with Crippen molar-refractivity contribution in [1.82, 2.24) is 10.2 Å². The molecule has 2 aliphatic heterocycles. The van der Waals surface area contributed by atoms with Crippen molar-refractivity contribution in [2.24, 2.45) is 0 Å². The minimum absolute atomic E-state index is 0.334. The van der Waals surface area contributed by atoms with E-state index in [0.29, 0.717) is 12.1 Å². The summed E-state index contributed by atoms with van der Waals surface area (Å²) in [5.41, 5.74) is 1.22. The molecule has 1 N–H and O–H groups in total. The molecule has 2 aliphatic rings. The maximum atomic E-state index is 6.29. The predicted molar refractivity (Wildman–Crippen MR) is 80.6 cm³/mol. The van der Waals surface area contributed by atoms with Gasteiger partial charge in [0.25, 0.3) is 0 Å². The summed E-state index contributed by atoms with van der Waals surface area (Å²) in [6.07, 6.45) is 5.40. The van der Waals surface area contributed by atoms with Gasteiger partial charge in [0, 0.05) is 29.7 Å². The molecule has 3 heteroatoms. The SMILES string of the molecule is C[C@@H](NC1CCN2CCCCC12)c1ccccc1Cl. The number of fused-ring (bicyclic) bond motifs is 1. The summed E-state index contributed by atoms with van der Waals surface area (Å²) in [5.74, 6) is 0. The molecular weight excluding hydrogens is 256 g/mol. The highest BCUT2D eigenvalue weighted by atomic mass is 35.5. The Bertz CT molecular complexity index is 435. The molecule has 2 nitrogen and oxygen atoms in total. The van der Waals surface area contributed by atoms with E-state index in [1.165, 1.54) is 44.3 Å². The summed E-state index contributed by atoms with van der Waals surface area (Å²) in [7, 11) is 0. The molecule has 19 heavy (non-hydrogen) atoms. The highest BCUT2D eigenvalue weighted by molar-refractivity contribution is 6.31. The minimum Gasteiger partial charge on any atom is -0.306 e. The second kappa shape index (κ2) is 5.82. The number of rotatable bonds is 3. The third-order valence-electron chi connectivity index (χ3n) is 4.69. The number of hydrogen-bond acceptors (Lipinski definition) is 2. The number of hydrogen-bond donors (Lipinski definition) is 1. The Kier molecular flexibility index (Phi) is 4.11. The first-order chi connectivity index (χ1) is 9.25. The Hall–Kier alpha value is -0.570. The maximum Gasteiger partial charge on any atom is 0.0453 e. The van der Waals surface area contributed by atoms with Gasteiger partial charge in [-0.15, -0.1) is 0 Å². The summed E-state index contributed by atoms with van der Waals surface area (Å²) in [6.45, 7) is 4.79. The largest absolute Gasteiger partial charge is 0.306 e. The van der Waals surface area contributed by atoms with Crippen molar-refractivity contribution in [2.75, 3.05) is 13.1 Å². The van der Waals surface area contributed by atoms with E-state index in [9.17, 15) is 0 Å². The average molecular weight is 279 g/mol. The van der Waals surface area contributed by atoms with Crippen LogP contribution in [0.4, 0.5) is 0 Å². The molecule has 3 rings (SSSR count). The highest BCUT2D eigenvalue weighted by Crippen LogP contribution is 2.30. The Morgan fingerprint density at radius 2 is 2.05 bits per heavy atom. The zero-order valence-electron chi connectivity index (χ0n) is 11.6. The lowest BCUT2D eigenvalue weighted by atomic mass is 9.97. The first kappa shape index (κ1) is 13.4. The van der Waals surface area contributed by atoms with Gasteiger partial charge in [-0.25, -0.2) is 0 Å². The van der Waals surface area contributed by atoms with Gasteiger partial charge in [-0.05, 0) is 44.4 Å². The summed E-state index contributed by atoms with van der Waals surface area (Å²) in [6, 6.07) is 9.90. The lowest BCUT2D eigenvalue weighted by molar-refractivity contribution is 0.177. The lowest BCUT2D eigenvalue weighted by Gasteiger charge is -2.34. The van der Waals surface area contributed by atoms with E-state index in [0.717, 1.165) is 11.1 Å². The van der Waals surface area contributed by atoms with Crippen molar-refractivity contribution in [1.29, 1.82) is 0 Å². The van der Waals surface area contributed by atoms with E-state index in [2.05, 4.69) is 29.3 Å². The first-order valence-electron chi connectivity index (χ1n) is 7.50. The zero-order chi connectivity index (χ0) is 13.2. The molecule has 0 amide bonds. The number of benzene rings is 1. The van der Waals surface area contributed by atoms with Crippen molar-refractivity contribution in [3.8, 4) is 0 Å². The highest BCUT2D eigenvalue weighted by Gasteiger charge is 2.35. The van der Waals surface area contributed by atoms with E-state index in [-0.39, 0.29) is 0 Å². The fourth-order valence-corrected chi connectivity index (χ4v) is 3.98. The molecule has 0 radical (unpaired) electrons. The van der Waals surface area contributed by atoms with Gasteiger partial charge >= 0.3 is 0 Å². The van der Waals surface area contributed by atoms with Gasteiger partial charge in [-0.3, -0.25) is 4.90 Å². The smallest absolute Gasteiger partial charge is 0.0453 e. The molecule has 0 aliphatic carbocycles. The van der Waals surface area contributed by atoms with Gasteiger partial charge < -0.3 is 5.32 Å². The fourth-order valence-electron chi connectivity index (χ4n) is 3.68. The topological polar surface area (TPSA) is 15.3 Å². The molecule has 104 valence electrons. The summed E-state index contributed by atoms with van der Waals surface area (Å²) >= 11 is 6.29. The molecule has 2 fully saturated rings. The maximum absolute atomic E-state index is 6.29. The van der Waals surface area contributed by atoms with E-state index >= 15 is 0 Å². The van der Waals surface area contributed by atoms with Crippen molar-refractivity contribution in [3.05, 3.63) is 34.9 Å². The molecule has 0 bridgehead atoms. The van der Waals surface area contributed by atoms with Crippen LogP contribution < -0.4 is 5.32 Å². The van der Waals surface area contributed by atoms with Crippen LogP contribution in [0.2, 0.25) is 5.02 Å². The van der Waals surface area contributed by atoms with Crippen LogP contribution in [0.5, 0.6) is 0 Å². The second-order valence-electron chi connectivity index (χ2n) is 5.90. The zero-order valence-corrected chi connectivity index (χ0v) is 12.4. The molecule has 1 aromatic rings. The summed E-state index contributed by atoms with van der Waals surface area (Å²) in [5, 5.41) is 4.68. The van der Waals surface area contributed by atoms with Gasteiger partial charge in [0.05, 0.1) is 0 Å². The Labute approximate surface area is 121 Å². The number of nitrogens with one attached hydrogen (secondary N) is 1. The fraction of sp³-hybridized carbons (Fsp3) is 0.625. The van der Waals surface area contributed by atoms with Gasteiger partial charge in [-0.1, -0.05) is 36.2 Å². The molecule has 2 saturated heterocycles. The molecule has 0 spiro atoms. The van der Waals surface area contributed by atoms with Gasteiger partial charge in [-0.2, -0.15) is 0 Å². The average Bonchev–Trinajstić information content (AvgIpc) is 2.83. The van der Waals surface area contributed by atoms with Crippen LogP contribution in [-0.2, 0) is 0 Å². The second-order valence-corrected chi connectivity index (χ2v) is 6.31. The van der Waals surface area contributed by atoms with Gasteiger partial charge in [0.2, 0.25) is 0 Å². The van der Waals surface area contributed by atoms with Crippen molar-refractivity contribution in [3.63, 3.8) is 0 Å². The van der Waals surface area contributed by atoms with Crippen molar-refractivity contribution in [2.45, 2.75) is 50.7 Å². The van der Waals surface area contributed by atoms with Crippen LogP contribution in [0.3, 0.4) is 0 Å². The van der Waals surface area contributed by atoms with Gasteiger partial charge in [0.15, 0.2) is 0 Å². The first-order valence-corrected chi connectivity index (χ1v) is 7.88. The molecular formula is C16H23ClN2. The number of piperidine rings is 1. The molecule has 2 heterocycles. The van der Waals surface area contributed by atoms with Crippen molar-refractivity contribution < 1.29 is 0 Å². The van der Waals surface area contributed by atoms with Crippen LogP contribution >= 0.6 is 11.6 Å². The Morgan fingerprint density at radius 3 is 2.89 bits per heavy atom. The molecule has 0 aromatic heterocycles. The molecule has 3 atom stereocenters. The summed E-state index contributed by atoms with van der Waals surface area (Å²) < 4.78 is 0. The number of nitrogens with zero attached hydrogens (tertiary/aromatic N) is 1. The van der Waals surface area contributed by atoms with Crippen molar-refractivity contribution >= 4 is 11.6 Å². The summed E-state index contributed by atoms with van der Waals surface area (Å²) in [4.78, 5) is 2.67. The molecule has 1 aromatic carbocycles. The quantitative estimate of drug-likeness (QED) is 0.909. The molecule has 0 saturated carbocycles. The van der Waals surface area contributed by atoms with Crippen LogP contribution in [0, 0.1) is 0 Å². The van der Waals surface area contributed by atoms with Crippen LogP contribution in [-0.4, -0.2) is 30.1 Å². The van der Waals surface area contributed by atoms with Crippen LogP contribution in [0.1, 0.15) is 44.2 Å². The van der Waals surface area contributed by atoms with E-state index in [1.54, 1.807) is 0 Å². The van der Waals surface area contributed by atoms with E-state index in [1.807, 2.05) is 12.1 Å². The third kappa shape index (κ3) is 2.81. The number of halogens is 1.